The molecule has 1 amide bonds. The Hall–Kier alpha value is -3.09. The van der Waals surface area contributed by atoms with Gasteiger partial charge in [0.25, 0.3) is 18.3 Å². The molecule has 0 radical (unpaired) electrons. The first-order valence-corrected chi connectivity index (χ1v) is 10.1. The van der Waals surface area contributed by atoms with Crippen LogP contribution in [0.2, 0.25) is 0 Å². The van der Waals surface area contributed by atoms with Crippen molar-refractivity contribution in [3.05, 3.63) is 46.9 Å². The second-order valence-electron chi connectivity index (χ2n) is 8.19. The van der Waals surface area contributed by atoms with E-state index in [9.17, 15) is 31.5 Å². The van der Waals surface area contributed by atoms with Gasteiger partial charge in [0, 0.05) is 18.4 Å². The van der Waals surface area contributed by atoms with E-state index in [2.05, 4.69) is 10.1 Å². The largest absolute Gasteiger partial charge is 0.453 e. The zero-order valence-electron chi connectivity index (χ0n) is 17.0. The van der Waals surface area contributed by atoms with Crippen LogP contribution in [0, 0.1) is 17.5 Å². The minimum absolute atomic E-state index is 0.0825. The Bertz CT molecular complexity index is 1060. The van der Waals surface area contributed by atoms with Crippen LogP contribution in [0.1, 0.15) is 48.5 Å². The third-order valence-electron chi connectivity index (χ3n) is 5.62. The predicted octanol–water partition coefficient (Wildman–Crippen LogP) is 2.38. The van der Waals surface area contributed by atoms with E-state index in [0.717, 1.165) is 17.7 Å². The third kappa shape index (κ3) is 4.82. The Balaban J connectivity index is 1.57. The third-order valence-corrected chi connectivity index (χ3v) is 5.62. The number of nitrogens with two attached hydrogens (primary N) is 1. The second kappa shape index (κ2) is 8.69. The Morgan fingerprint density at radius 3 is 2.64 bits per heavy atom. The van der Waals surface area contributed by atoms with Crippen molar-refractivity contribution in [2.75, 3.05) is 6.54 Å². The van der Waals surface area contributed by atoms with Crippen LogP contribution in [0.5, 0.6) is 0 Å². The maximum atomic E-state index is 14.2. The van der Waals surface area contributed by atoms with Gasteiger partial charge in [0.05, 0.1) is 12.6 Å². The summed E-state index contributed by atoms with van der Waals surface area (Å²) in [7, 11) is 0. The lowest BCUT2D eigenvalue weighted by Crippen LogP contribution is -2.51. The molecule has 1 aliphatic carbocycles. The topological polar surface area (TPSA) is 112 Å². The van der Waals surface area contributed by atoms with Crippen molar-refractivity contribution in [3.63, 3.8) is 0 Å². The van der Waals surface area contributed by atoms with Crippen LogP contribution in [-0.4, -0.2) is 52.0 Å². The zero-order valence-corrected chi connectivity index (χ0v) is 17.0. The van der Waals surface area contributed by atoms with Crippen molar-refractivity contribution < 1.29 is 40.8 Å². The molecule has 1 saturated carbocycles. The van der Waals surface area contributed by atoms with Gasteiger partial charge in [-0.2, -0.15) is 4.98 Å². The molecular weight excluding hydrogens is 455 g/mol. The van der Waals surface area contributed by atoms with Crippen LogP contribution in [0.4, 0.5) is 22.0 Å². The highest BCUT2D eigenvalue weighted by molar-refractivity contribution is 5.83. The molecule has 2 N–H and O–H groups in total. The number of alkyl halides is 2. The van der Waals surface area contributed by atoms with E-state index in [-0.39, 0.29) is 23.8 Å². The number of carbonyl (C=O) groups excluding carboxylic acids is 2. The number of carbonyl (C=O) groups is 2. The maximum Gasteiger partial charge on any atom is 0.293 e. The van der Waals surface area contributed by atoms with Crippen LogP contribution < -0.4 is 5.73 Å². The lowest BCUT2D eigenvalue weighted by Gasteiger charge is -2.28. The van der Waals surface area contributed by atoms with Gasteiger partial charge in [0.2, 0.25) is 5.89 Å². The first kappa shape index (κ1) is 23.1. The van der Waals surface area contributed by atoms with E-state index < -0.39 is 66.9 Å². The van der Waals surface area contributed by atoms with Gasteiger partial charge in [-0.05, 0) is 30.9 Å². The summed E-state index contributed by atoms with van der Waals surface area (Å²) in [4.78, 5) is 29.0. The maximum absolute atomic E-state index is 14.2. The van der Waals surface area contributed by atoms with Crippen molar-refractivity contribution >= 4 is 12.4 Å². The van der Waals surface area contributed by atoms with Gasteiger partial charge in [0.15, 0.2) is 23.6 Å². The highest BCUT2D eigenvalue weighted by Crippen LogP contribution is 2.43. The van der Waals surface area contributed by atoms with Crippen LogP contribution >= 0.6 is 0 Å². The fourth-order valence-electron chi connectivity index (χ4n) is 3.81. The van der Waals surface area contributed by atoms with Gasteiger partial charge in [-0.1, -0.05) is 5.16 Å². The number of halogens is 5. The monoisotopic (exact) mass is 474 g/mol. The van der Waals surface area contributed by atoms with Crippen LogP contribution in [0.3, 0.4) is 0 Å². The molecule has 1 aromatic heterocycles. The molecule has 1 unspecified atom stereocenters. The number of benzene rings is 1. The van der Waals surface area contributed by atoms with E-state index in [1.54, 1.807) is 0 Å². The standard InChI is InChI=1S/C20H19F5N4O4/c21-11-5-13(23)12(22)3-10(11)4-14(26)16(32-8-30)19(31)29-7-20(24,25)6-15(29)18-27-17(28-33-18)9-1-2-9/h3,5,8-9,14-16H,1-2,4,6-7,26H2/t14-,15+,16?/m1/s1. The van der Waals surface area contributed by atoms with Gasteiger partial charge < -0.3 is 19.9 Å². The summed E-state index contributed by atoms with van der Waals surface area (Å²) in [6, 6.07) is -1.89. The van der Waals surface area contributed by atoms with E-state index in [1.165, 1.54) is 0 Å². The van der Waals surface area contributed by atoms with Crippen LogP contribution in [0.25, 0.3) is 0 Å². The van der Waals surface area contributed by atoms with Crippen LogP contribution in [0.15, 0.2) is 16.7 Å². The van der Waals surface area contributed by atoms with Crippen molar-refractivity contribution in [2.24, 2.45) is 5.73 Å². The van der Waals surface area contributed by atoms with Gasteiger partial charge in [-0.15, -0.1) is 0 Å². The molecular formula is C20H19F5N4O4. The van der Waals surface area contributed by atoms with E-state index >= 15 is 0 Å². The number of hydrogen-bond donors (Lipinski definition) is 1. The predicted molar refractivity (Wildman–Crippen MR) is 99.2 cm³/mol. The molecule has 1 aliphatic heterocycles. The number of rotatable bonds is 8. The molecule has 3 atom stereocenters. The molecule has 1 saturated heterocycles. The fraction of sp³-hybridized carbons (Fsp3) is 0.500. The number of aromatic nitrogens is 2. The van der Waals surface area contributed by atoms with E-state index in [0.29, 0.717) is 18.0 Å². The SMILES string of the molecule is N[C@H](Cc1cc(F)c(F)cc1F)C(OC=O)C(=O)N1CC(F)(F)C[C@H]1c1nc(C2CC2)no1. The Labute approximate surface area is 183 Å². The minimum atomic E-state index is -3.30. The van der Waals surface area contributed by atoms with Gasteiger partial charge in [-0.3, -0.25) is 9.59 Å². The van der Waals surface area contributed by atoms with E-state index in [4.69, 9.17) is 15.0 Å². The molecule has 2 fully saturated rings. The van der Waals surface area contributed by atoms with Gasteiger partial charge >= 0.3 is 0 Å². The summed E-state index contributed by atoms with van der Waals surface area (Å²) in [5.41, 5.74) is 5.53. The van der Waals surface area contributed by atoms with Crippen molar-refractivity contribution in [2.45, 2.75) is 55.7 Å². The Morgan fingerprint density at radius 2 is 1.97 bits per heavy atom. The van der Waals surface area contributed by atoms with Gasteiger partial charge in [0.1, 0.15) is 11.9 Å². The second-order valence-corrected chi connectivity index (χ2v) is 8.19. The lowest BCUT2D eigenvalue weighted by molar-refractivity contribution is -0.154. The quantitative estimate of drug-likeness (QED) is 0.355. The van der Waals surface area contributed by atoms with Crippen molar-refractivity contribution in [1.82, 2.24) is 15.0 Å². The normalized spacial score (nSPS) is 21.6. The highest BCUT2D eigenvalue weighted by atomic mass is 19.3. The average Bonchev–Trinajstić information content (AvgIpc) is 3.39. The molecule has 33 heavy (non-hydrogen) atoms. The number of likely N-dealkylation sites (tertiary alicyclic amines) is 1. The number of nitrogens with zero attached hydrogens (tertiary/aromatic N) is 3. The highest BCUT2D eigenvalue weighted by Gasteiger charge is 2.52. The molecule has 8 nitrogen and oxygen atoms in total. The molecule has 0 bridgehead atoms. The first-order chi connectivity index (χ1) is 15.6. The van der Waals surface area contributed by atoms with Crippen LogP contribution in [-0.2, 0) is 20.7 Å². The van der Waals surface area contributed by atoms with Gasteiger partial charge in [-0.25, -0.2) is 22.0 Å². The number of hydrogen-bond acceptors (Lipinski definition) is 7. The number of ether oxygens (including phenoxy) is 1. The summed E-state index contributed by atoms with van der Waals surface area (Å²) in [5, 5.41) is 3.77. The minimum Gasteiger partial charge on any atom is -0.453 e. The summed E-state index contributed by atoms with van der Waals surface area (Å²) in [6.45, 7) is -1.13. The first-order valence-electron chi connectivity index (χ1n) is 10.1. The molecule has 0 spiro atoms. The molecule has 1 aromatic carbocycles. The molecule has 178 valence electrons. The summed E-state index contributed by atoms with van der Waals surface area (Å²) >= 11 is 0. The Kier molecular flexibility index (Phi) is 6.08. The lowest BCUT2D eigenvalue weighted by atomic mass is 10.00. The molecule has 2 aliphatic rings. The molecule has 4 rings (SSSR count). The molecule has 2 heterocycles. The summed E-state index contributed by atoms with van der Waals surface area (Å²) in [5.74, 6) is -8.04. The summed E-state index contributed by atoms with van der Waals surface area (Å²) < 4.78 is 79.0. The van der Waals surface area contributed by atoms with E-state index in [1.807, 2.05) is 0 Å². The molecule has 13 heteroatoms. The average molecular weight is 474 g/mol. The fourth-order valence-corrected chi connectivity index (χ4v) is 3.81. The van der Waals surface area contributed by atoms with Crippen molar-refractivity contribution in [3.8, 4) is 0 Å². The Morgan fingerprint density at radius 1 is 1.27 bits per heavy atom. The summed E-state index contributed by atoms with van der Waals surface area (Å²) in [6.07, 6.45) is -1.47. The smallest absolute Gasteiger partial charge is 0.293 e. The van der Waals surface area contributed by atoms with Crippen molar-refractivity contribution in [1.29, 1.82) is 0 Å². The molecule has 2 aromatic rings. The zero-order chi connectivity index (χ0) is 23.9. The number of amides is 1.